The molecule has 0 aromatic heterocycles. The van der Waals surface area contributed by atoms with Crippen molar-refractivity contribution in [2.24, 2.45) is 0 Å². The first kappa shape index (κ1) is 19.1. The van der Waals surface area contributed by atoms with Gasteiger partial charge in [0.2, 0.25) is 0 Å². The Hall–Kier alpha value is -3.20. The van der Waals surface area contributed by atoms with E-state index in [1.807, 2.05) is 0 Å². The molecule has 0 aliphatic heterocycles. The normalized spacial score (nSPS) is 12.8. The van der Waals surface area contributed by atoms with Gasteiger partial charge in [-0.15, -0.1) is 0 Å². The van der Waals surface area contributed by atoms with E-state index in [9.17, 15) is 26.3 Å². The lowest BCUT2D eigenvalue weighted by Crippen LogP contribution is -2.40. The van der Waals surface area contributed by atoms with Crippen LogP contribution in [-0.2, 0) is 0 Å². The molecule has 0 heterocycles. The molecule has 0 spiro atoms. The van der Waals surface area contributed by atoms with Gasteiger partial charge in [-0.25, -0.2) is 4.39 Å². The SMILES string of the molecule is N#Cc1ccc(Oc2ccc(C(F)C(F)(F)C(F)(F)F)cc2)cc1C#N. The van der Waals surface area contributed by atoms with Gasteiger partial charge in [0.15, 0.2) is 6.17 Å². The van der Waals surface area contributed by atoms with Crippen molar-refractivity contribution in [3.05, 3.63) is 59.2 Å². The molecule has 2 rings (SSSR count). The zero-order valence-corrected chi connectivity index (χ0v) is 12.7. The van der Waals surface area contributed by atoms with Crippen LogP contribution in [0, 0.1) is 22.7 Å². The minimum atomic E-state index is -6.02. The summed E-state index contributed by atoms with van der Waals surface area (Å²) in [6.45, 7) is 0. The molecule has 0 saturated carbocycles. The Morgan fingerprint density at radius 1 is 0.808 bits per heavy atom. The van der Waals surface area contributed by atoms with Gasteiger partial charge in [0.1, 0.15) is 23.6 Å². The van der Waals surface area contributed by atoms with E-state index in [4.69, 9.17) is 15.3 Å². The molecule has 134 valence electrons. The molecule has 1 atom stereocenters. The van der Waals surface area contributed by atoms with Crippen molar-refractivity contribution in [1.29, 1.82) is 10.5 Å². The van der Waals surface area contributed by atoms with Crippen molar-refractivity contribution in [3.63, 3.8) is 0 Å². The van der Waals surface area contributed by atoms with E-state index in [0.29, 0.717) is 0 Å². The summed E-state index contributed by atoms with van der Waals surface area (Å²) in [7, 11) is 0. The van der Waals surface area contributed by atoms with E-state index in [2.05, 4.69) is 0 Å². The van der Waals surface area contributed by atoms with Crippen LogP contribution in [0.4, 0.5) is 26.3 Å². The molecule has 0 amide bonds. The van der Waals surface area contributed by atoms with Gasteiger partial charge in [0, 0.05) is 0 Å². The summed E-state index contributed by atoms with van der Waals surface area (Å²) in [5.74, 6) is -5.37. The summed E-state index contributed by atoms with van der Waals surface area (Å²) in [5.41, 5.74) is -0.711. The van der Waals surface area contributed by atoms with Crippen LogP contribution in [0.5, 0.6) is 11.5 Å². The van der Waals surface area contributed by atoms with E-state index < -0.39 is 23.8 Å². The van der Waals surface area contributed by atoms with Crippen LogP contribution in [0.25, 0.3) is 0 Å². The minimum absolute atomic E-state index is 0.0184. The number of benzene rings is 2. The highest BCUT2D eigenvalue weighted by molar-refractivity contribution is 5.50. The van der Waals surface area contributed by atoms with E-state index >= 15 is 0 Å². The molecule has 0 bridgehead atoms. The zero-order valence-electron chi connectivity index (χ0n) is 12.7. The second-order valence-electron chi connectivity index (χ2n) is 5.09. The second kappa shape index (κ2) is 6.96. The van der Waals surface area contributed by atoms with E-state index in [1.54, 1.807) is 12.1 Å². The largest absolute Gasteiger partial charge is 0.457 e. The van der Waals surface area contributed by atoms with Crippen molar-refractivity contribution in [2.75, 3.05) is 0 Å². The van der Waals surface area contributed by atoms with E-state index in [1.165, 1.54) is 18.2 Å². The van der Waals surface area contributed by atoms with Gasteiger partial charge in [-0.05, 0) is 35.9 Å². The maximum absolute atomic E-state index is 13.6. The highest BCUT2D eigenvalue weighted by Gasteiger charge is 2.63. The molecular formula is C17H8F6N2O. The molecule has 0 N–H and O–H groups in total. The molecule has 1 unspecified atom stereocenters. The van der Waals surface area contributed by atoms with Crippen LogP contribution in [0.3, 0.4) is 0 Å². The van der Waals surface area contributed by atoms with Crippen molar-refractivity contribution < 1.29 is 31.1 Å². The Bertz CT molecular complexity index is 878. The average molecular weight is 370 g/mol. The molecule has 2 aromatic carbocycles. The standard InChI is InChI=1S/C17H8F6N2O/c18-15(16(19,20)17(21,22)23)10-1-4-13(5-2-10)26-14-6-3-11(8-24)12(7-14)9-25/h1-7,15H. The molecule has 0 radical (unpaired) electrons. The number of alkyl halides is 6. The highest BCUT2D eigenvalue weighted by Crippen LogP contribution is 2.46. The fourth-order valence-corrected chi connectivity index (χ4v) is 1.97. The molecule has 3 nitrogen and oxygen atoms in total. The number of ether oxygens (including phenoxy) is 1. The van der Waals surface area contributed by atoms with Crippen molar-refractivity contribution in [1.82, 2.24) is 0 Å². The monoisotopic (exact) mass is 370 g/mol. The zero-order chi connectivity index (χ0) is 19.5. The molecule has 9 heteroatoms. The maximum atomic E-state index is 13.6. The molecule has 0 saturated heterocycles. The lowest BCUT2D eigenvalue weighted by molar-refractivity contribution is -0.305. The van der Waals surface area contributed by atoms with Crippen LogP contribution in [0.15, 0.2) is 42.5 Å². The lowest BCUT2D eigenvalue weighted by atomic mass is 10.0. The Balaban J connectivity index is 2.21. The summed E-state index contributed by atoms with van der Waals surface area (Å²) in [6.07, 6.45) is -9.57. The van der Waals surface area contributed by atoms with Crippen molar-refractivity contribution >= 4 is 0 Å². The van der Waals surface area contributed by atoms with Gasteiger partial charge in [0.05, 0.1) is 11.1 Å². The maximum Gasteiger partial charge on any atom is 0.456 e. The lowest BCUT2D eigenvalue weighted by Gasteiger charge is -2.23. The first-order valence-electron chi connectivity index (χ1n) is 6.91. The predicted octanol–water partition coefficient (Wildman–Crippen LogP) is 5.43. The fraction of sp³-hybridized carbons (Fsp3) is 0.176. The second-order valence-corrected chi connectivity index (χ2v) is 5.09. The van der Waals surface area contributed by atoms with Crippen molar-refractivity contribution in [3.8, 4) is 23.6 Å². The van der Waals surface area contributed by atoms with Crippen LogP contribution in [0.1, 0.15) is 22.9 Å². The molecule has 2 aromatic rings. The van der Waals surface area contributed by atoms with Gasteiger partial charge in [0.25, 0.3) is 0 Å². The molecule has 0 aliphatic carbocycles. The van der Waals surface area contributed by atoms with Crippen LogP contribution in [0.2, 0.25) is 0 Å². The van der Waals surface area contributed by atoms with E-state index in [0.717, 1.165) is 24.3 Å². The average Bonchev–Trinajstić information content (AvgIpc) is 2.60. The Kier molecular flexibility index (Phi) is 5.12. The summed E-state index contributed by atoms with van der Waals surface area (Å²) >= 11 is 0. The Morgan fingerprint density at radius 2 is 1.35 bits per heavy atom. The van der Waals surface area contributed by atoms with Crippen molar-refractivity contribution in [2.45, 2.75) is 18.3 Å². The fourth-order valence-electron chi connectivity index (χ4n) is 1.97. The highest BCUT2D eigenvalue weighted by atomic mass is 19.4. The molecule has 0 fully saturated rings. The van der Waals surface area contributed by atoms with E-state index in [-0.39, 0.29) is 22.6 Å². The third-order valence-electron chi connectivity index (χ3n) is 3.34. The summed E-state index contributed by atoms with van der Waals surface area (Å²) < 4.78 is 81.6. The topological polar surface area (TPSA) is 56.8 Å². The summed E-state index contributed by atoms with van der Waals surface area (Å²) in [5, 5.41) is 17.7. The molecule has 26 heavy (non-hydrogen) atoms. The quantitative estimate of drug-likeness (QED) is 0.675. The summed E-state index contributed by atoms with van der Waals surface area (Å²) in [4.78, 5) is 0. The number of hydrogen-bond donors (Lipinski definition) is 0. The van der Waals surface area contributed by atoms with Crippen LogP contribution < -0.4 is 4.74 Å². The number of nitriles is 2. The first-order valence-corrected chi connectivity index (χ1v) is 6.91. The smallest absolute Gasteiger partial charge is 0.456 e. The third-order valence-corrected chi connectivity index (χ3v) is 3.34. The van der Waals surface area contributed by atoms with Gasteiger partial charge in [-0.3, -0.25) is 0 Å². The number of nitrogens with zero attached hydrogens (tertiary/aromatic N) is 2. The van der Waals surface area contributed by atoms with Crippen LogP contribution in [-0.4, -0.2) is 12.1 Å². The third kappa shape index (κ3) is 3.72. The molecule has 0 aliphatic rings. The number of hydrogen-bond acceptors (Lipinski definition) is 3. The first-order chi connectivity index (χ1) is 12.1. The summed E-state index contributed by atoms with van der Waals surface area (Å²) in [6, 6.07) is 11.0. The van der Waals surface area contributed by atoms with Crippen LogP contribution >= 0.6 is 0 Å². The minimum Gasteiger partial charge on any atom is -0.457 e. The number of halogens is 6. The Labute approximate surface area is 143 Å². The van der Waals surface area contributed by atoms with Gasteiger partial charge in [-0.1, -0.05) is 12.1 Å². The van der Waals surface area contributed by atoms with Gasteiger partial charge < -0.3 is 4.74 Å². The Morgan fingerprint density at radius 3 is 1.85 bits per heavy atom. The molecular weight excluding hydrogens is 362 g/mol. The number of rotatable bonds is 4. The van der Waals surface area contributed by atoms with Gasteiger partial charge in [-0.2, -0.15) is 32.5 Å². The van der Waals surface area contributed by atoms with Gasteiger partial charge >= 0.3 is 12.1 Å². The predicted molar refractivity (Wildman–Crippen MR) is 77.2 cm³/mol.